The van der Waals surface area contributed by atoms with Crippen LogP contribution in [0.4, 0.5) is 4.39 Å². The molecule has 3 aromatic carbocycles. The maximum atomic E-state index is 13.6. The summed E-state index contributed by atoms with van der Waals surface area (Å²) in [6.07, 6.45) is 0.646. The third kappa shape index (κ3) is 3.75. The fourth-order valence-electron chi connectivity index (χ4n) is 4.20. The Labute approximate surface area is 179 Å². The van der Waals surface area contributed by atoms with Crippen LogP contribution in [0.5, 0.6) is 0 Å². The van der Waals surface area contributed by atoms with Crippen molar-refractivity contribution in [3.63, 3.8) is 0 Å². The zero-order valence-corrected chi connectivity index (χ0v) is 16.9. The van der Waals surface area contributed by atoms with Crippen LogP contribution >= 0.6 is 0 Å². The van der Waals surface area contributed by atoms with Crippen molar-refractivity contribution in [3.8, 4) is 11.3 Å². The van der Waals surface area contributed by atoms with Gasteiger partial charge in [0.05, 0.1) is 12.5 Å². The number of benzene rings is 3. The topological polar surface area (TPSA) is 46.3 Å². The van der Waals surface area contributed by atoms with Crippen molar-refractivity contribution in [2.24, 2.45) is 0 Å². The number of hydrogen-bond acceptors (Lipinski definition) is 3. The summed E-state index contributed by atoms with van der Waals surface area (Å²) in [5.41, 5.74) is 4.49. The number of halogens is 1. The van der Waals surface area contributed by atoms with Crippen LogP contribution in [0, 0.1) is 5.82 Å². The predicted molar refractivity (Wildman–Crippen MR) is 116 cm³/mol. The minimum absolute atomic E-state index is 0.0504. The Hall–Kier alpha value is -3.73. The lowest BCUT2D eigenvalue weighted by Crippen LogP contribution is -2.39. The van der Waals surface area contributed by atoms with Gasteiger partial charge in [-0.25, -0.2) is 4.39 Å². The molecular formula is C26H21FN2O2. The number of nitrogens with zero attached hydrogens (tertiary/aromatic N) is 2. The Balaban J connectivity index is 1.44. The fraction of sp³-hybridized carbons (Fsp3) is 0.154. The molecule has 0 unspecified atom stereocenters. The van der Waals surface area contributed by atoms with Gasteiger partial charge in [-0.2, -0.15) is 0 Å². The first-order chi connectivity index (χ1) is 15.2. The molecule has 0 N–H and O–H groups in total. The van der Waals surface area contributed by atoms with E-state index in [1.165, 1.54) is 12.1 Å². The van der Waals surface area contributed by atoms with Crippen LogP contribution in [0.25, 0.3) is 11.3 Å². The molecule has 1 aliphatic rings. The highest BCUT2D eigenvalue weighted by Gasteiger charge is 2.32. The molecule has 0 spiro atoms. The van der Waals surface area contributed by atoms with Gasteiger partial charge in [-0.15, -0.1) is 0 Å². The van der Waals surface area contributed by atoms with Gasteiger partial charge in [0.1, 0.15) is 11.5 Å². The van der Waals surface area contributed by atoms with Crippen LogP contribution in [-0.2, 0) is 17.8 Å². The second kappa shape index (κ2) is 8.19. The van der Waals surface area contributed by atoms with Gasteiger partial charge < -0.3 is 9.42 Å². The van der Waals surface area contributed by atoms with E-state index in [1.807, 2.05) is 65.6 Å². The summed E-state index contributed by atoms with van der Waals surface area (Å²) in [7, 11) is 0. The number of amides is 1. The molecule has 4 nitrogen and oxygen atoms in total. The lowest BCUT2D eigenvalue weighted by Gasteiger charge is -2.30. The maximum absolute atomic E-state index is 13.6. The van der Waals surface area contributed by atoms with E-state index >= 15 is 0 Å². The minimum atomic E-state index is -0.368. The Morgan fingerprint density at radius 2 is 1.52 bits per heavy atom. The normalized spacial score (nSPS) is 13.3. The Morgan fingerprint density at radius 1 is 0.903 bits per heavy atom. The Morgan fingerprint density at radius 3 is 2.13 bits per heavy atom. The molecule has 1 amide bonds. The van der Waals surface area contributed by atoms with Crippen LogP contribution in [0.1, 0.15) is 28.3 Å². The van der Waals surface area contributed by atoms with E-state index in [-0.39, 0.29) is 17.6 Å². The van der Waals surface area contributed by atoms with E-state index < -0.39 is 0 Å². The summed E-state index contributed by atoms with van der Waals surface area (Å²) in [5.74, 6) is 0.0494. The molecule has 5 heteroatoms. The molecule has 0 fully saturated rings. The molecule has 5 rings (SSSR count). The van der Waals surface area contributed by atoms with Crippen molar-refractivity contribution in [2.45, 2.75) is 18.9 Å². The molecule has 31 heavy (non-hydrogen) atoms. The highest BCUT2D eigenvalue weighted by Crippen LogP contribution is 2.33. The van der Waals surface area contributed by atoms with Crippen molar-refractivity contribution in [1.29, 1.82) is 0 Å². The van der Waals surface area contributed by atoms with Crippen molar-refractivity contribution in [3.05, 3.63) is 113 Å². The second-order valence-electron chi connectivity index (χ2n) is 7.71. The lowest BCUT2D eigenvalue weighted by atomic mass is 9.89. The molecular weight excluding hydrogens is 391 g/mol. The number of carbonyl (C=O) groups is 1. The molecule has 1 aliphatic heterocycles. The van der Waals surface area contributed by atoms with E-state index in [9.17, 15) is 9.18 Å². The molecule has 0 radical (unpaired) electrons. The summed E-state index contributed by atoms with van der Waals surface area (Å²) in [6.45, 7) is 0.979. The molecule has 2 heterocycles. The molecule has 0 saturated heterocycles. The number of rotatable bonds is 4. The Bertz CT molecular complexity index is 1150. The molecule has 0 atom stereocenters. The van der Waals surface area contributed by atoms with Gasteiger partial charge in [-0.05, 0) is 41.8 Å². The largest absolute Gasteiger partial charge is 0.356 e. The first-order valence-electron chi connectivity index (χ1n) is 10.3. The quantitative estimate of drug-likeness (QED) is 0.463. The first-order valence-corrected chi connectivity index (χ1v) is 10.3. The van der Waals surface area contributed by atoms with Crippen LogP contribution in [0.15, 0.2) is 89.5 Å². The number of hydrogen-bond donors (Lipinski definition) is 0. The van der Waals surface area contributed by atoms with Crippen LogP contribution < -0.4 is 0 Å². The maximum Gasteiger partial charge on any atom is 0.234 e. The van der Waals surface area contributed by atoms with Crippen molar-refractivity contribution < 1.29 is 13.7 Å². The van der Waals surface area contributed by atoms with E-state index in [0.717, 1.165) is 27.9 Å². The van der Waals surface area contributed by atoms with Crippen molar-refractivity contribution >= 4 is 5.91 Å². The van der Waals surface area contributed by atoms with E-state index in [4.69, 9.17) is 4.52 Å². The van der Waals surface area contributed by atoms with Gasteiger partial charge in [-0.3, -0.25) is 4.79 Å². The number of carbonyl (C=O) groups excluding carboxylic acids is 1. The molecule has 0 bridgehead atoms. The third-order valence-corrected chi connectivity index (χ3v) is 5.77. The highest BCUT2D eigenvalue weighted by atomic mass is 19.1. The first kappa shape index (κ1) is 19.2. The van der Waals surface area contributed by atoms with Gasteiger partial charge >= 0.3 is 0 Å². The van der Waals surface area contributed by atoms with Gasteiger partial charge in [0.15, 0.2) is 5.76 Å². The summed E-state index contributed by atoms with van der Waals surface area (Å²) in [6, 6.07) is 25.9. The van der Waals surface area contributed by atoms with Gasteiger partial charge in [0.2, 0.25) is 5.91 Å². The number of aromatic nitrogens is 1. The predicted octanol–water partition coefficient (Wildman–Crippen LogP) is 5.20. The molecule has 4 aromatic rings. The number of fused-ring (bicyclic) bond motifs is 1. The average molecular weight is 412 g/mol. The lowest BCUT2D eigenvalue weighted by molar-refractivity contribution is -0.132. The monoisotopic (exact) mass is 412 g/mol. The third-order valence-electron chi connectivity index (χ3n) is 5.77. The van der Waals surface area contributed by atoms with Gasteiger partial charge in [0, 0.05) is 17.7 Å². The van der Waals surface area contributed by atoms with Crippen LogP contribution in [0.2, 0.25) is 0 Å². The average Bonchev–Trinajstić information content (AvgIpc) is 3.24. The zero-order chi connectivity index (χ0) is 21.2. The van der Waals surface area contributed by atoms with Crippen LogP contribution in [-0.4, -0.2) is 22.5 Å². The van der Waals surface area contributed by atoms with E-state index in [2.05, 4.69) is 5.16 Å². The van der Waals surface area contributed by atoms with Crippen LogP contribution in [0.3, 0.4) is 0 Å². The fourth-order valence-corrected chi connectivity index (χ4v) is 4.20. The van der Waals surface area contributed by atoms with Gasteiger partial charge in [0.25, 0.3) is 0 Å². The van der Waals surface area contributed by atoms with Crippen molar-refractivity contribution in [1.82, 2.24) is 10.1 Å². The molecule has 0 saturated carbocycles. The summed E-state index contributed by atoms with van der Waals surface area (Å²) in [4.78, 5) is 15.5. The highest BCUT2D eigenvalue weighted by molar-refractivity contribution is 5.87. The minimum Gasteiger partial charge on any atom is -0.356 e. The smallest absolute Gasteiger partial charge is 0.234 e. The van der Waals surface area contributed by atoms with E-state index in [0.29, 0.717) is 25.3 Å². The van der Waals surface area contributed by atoms with E-state index in [1.54, 1.807) is 12.1 Å². The molecule has 154 valence electrons. The summed E-state index contributed by atoms with van der Waals surface area (Å²) >= 11 is 0. The second-order valence-corrected chi connectivity index (χ2v) is 7.71. The summed E-state index contributed by atoms with van der Waals surface area (Å²) < 4.78 is 18.9. The molecule has 0 aliphatic carbocycles. The summed E-state index contributed by atoms with van der Waals surface area (Å²) in [5, 5.41) is 4.23. The Kier molecular flexibility index (Phi) is 5.08. The SMILES string of the molecule is O=C(C(c1ccccc1)c1ccccc1)N1CCc2c(noc2-c2ccc(F)cc2)C1. The standard InChI is InChI=1S/C26H21FN2O2/c27-21-13-11-20(12-14-21)25-22-15-16-29(17-23(22)28-31-25)26(30)24(18-7-3-1-4-8-18)19-9-5-2-6-10-19/h1-14,24H,15-17H2. The van der Waals surface area contributed by atoms with Crippen molar-refractivity contribution in [2.75, 3.05) is 6.54 Å². The van der Waals surface area contributed by atoms with Gasteiger partial charge in [-0.1, -0.05) is 65.8 Å². The zero-order valence-electron chi connectivity index (χ0n) is 16.9. The molecule has 1 aromatic heterocycles.